The van der Waals surface area contributed by atoms with Gasteiger partial charge in [-0.2, -0.15) is 0 Å². The maximum atomic E-state index is 13.9. The van der Waals surface area contributed by atoms with Crippen LogP contribution in [-0.4, -0.2) is 38.4 Å². The fourth-order valence-corrected chi connectivity index (χ4v) is 3.98. The smallest absolute Gasteiger partial charge is 0.224 e. The Balaban J connectivity index is 1.49. The Hall–Kier alpha value is -3.20. The monoisotopic (exact) mass is 429 g/mol. The van der Waals surface area contributed by atoms with Crippen molar-refractivity contribution in [2.45, 2.75) is 37.9 Å². The number of benzene rings is 2. The number of nitrogens with two attached hydrogens (primary N) is 1. The minimum absolute atomic E-state index is 0.0503. The highest BCUT2D eigenvalue weighted by molar-refractivity contribution is 5.77. The molecule has 162 valence electrons. The Morgan fingerprint density at radius 1 is 1.10 bits per heavy atom. The van der Waals surface area contributed by atoms with E-state index >= 15 is 0 Å². The minimum Gasteiger partial charge on any atom is -0.332 e. The lowest BCUT2D eigenvalue weighted by Gasteiger charge is -2.36. The van der Waals surface area contributed by atoms with E-state index in [9.17, 15) is 18.0 Å². The Labute approximate surface area is 177 Å². The summed E-state index contributed by atoms with van der Waals surface area (Å²) in [6, 6.07) is 10.1. The first-order valence-electron chi connectivity index (χ1n) is 10.0. The molecule has 0 bridgehead atoms. The van der Waals surface area contributed by atoms with E-state index in [1.165, 1.54) is 0 Å². The average molecular weight is 429 g/mol. The molecule has 1 aliphatic rings. The molecule has 1 unspecified atom stereocenters. The van der Waals surface area contributed by atoms with Crippen LogP contribution < -0.4 is 5.73 Å². The van der Waals surface area contributed by atoms with Crippen LogP contribution in [0.5, 0.6) is 0 Å². The number of fused-ring (bicyclic) bond motifs is 1. The lowest BCUT2D eigenvalue weighted by atomic mass is 9.98. The molecule has 1 amide bonds. The number of aromatic nitrogens is 3. The van der Waals surface area contributed by atoms with Crippen molar-refractivity contribution >= 4 is 5.91 Å². The molecule has 1 aromatic heterocycles. The zero-order valence-electron chi connectivity index (χ0n) is 16.7. The maximum Gasteiger partial charge on any atom is 0.224 e. The van der Waals surface area contributed by atoms with E-state index < -0.39 is 23.5 Å². The van der Waals surface area contributed by atoms with Crippen molar-refractivity contribution in [3.05, 3.63) is 82.9 Å². The second-order valence-electron chi connectivity index (χ2n) is 7.70. The van der Waals surface area contributed by atoms with Gasteiger partial charge in [-0.25, -0.2) is 17.9 Å². The van der Waals surface area contributed by atoms with Crippen LogP contribution in [0.25, 0.3) is 0 Å². The molecule has 2 atom stereocenters. The Morgan fingerprint density at radius 2 is 1.84 bits per heavy atom. The summed E-state index contributed by atoms with van der Waals surface area (Å²) in [5.74, 6) is -3.47. The van der Waals surface area contributed by atoms with Crippen LogP contribution in [0.3, 0.4) is 0 Å². The molecular formula is C22H22F3N5O. The molecule has 2 N–H and O–H groups in total. The maximum absolute atomic E-state index is 13.9. The highest BCUT2D eigenvalue weighted by Gasteiger charge is 2.32. The molecule has 0 aliphatic carbocycles. The summed E-state index contributed by atoms with van der Waals surface area (Å²) < 4.78 is 42.3. The number of amides is 1. The highest BCUT2D eigenvalue weighted by atomic mass is 19.2. The molecule has 0 saturated heterocycles. The molecular weight excluding hydrogens is 407 g/mol. The summed E-state index contributed by atoms with van der Waals surface area (Å²) in [6.07, 6.45) is 2.12. The number of carbonyl (C=O) groups excluding carboxylic acids is 1. The van der Waals surface area contributed by atoms with Gasteiger partial charge in [-0.1, -0.05) is 35.5 Å². The lowest BCUT2D eigenvalue weighted by Crippen LogP contribution is -2.45. The molecule has 31 heavy (non-hydrogen) atoms. The van der Waals surface area contributed by atoms with E-state index in [-0.39, 0.29) is 30.4 Å². The third-order valence-corrected chi connectivity index (χ3v) is 5.52. The number of nitrogens with zero attached hydrogens (tertiary/aromatic N) is 4. The first-order chi connectivity index (χ1) is 14.9. The molecule has 0 saturated carbocycles. The van der Waals surface area contributed by atoms with Crippen LogP contribution in [-0.2, 0) is 24.2 Å². The molecule has 6 nitrogen and oxygen atoms in total. The Bertz CT molecular complexity index is 1070. The van der Waals surface area contributed by atoms with Crippen molar-refractivity contribution in [2.24, 2.45) is 5.73 Å². The fraction of sp³-hybridized carbons (Fsp3) is 0.318. The molecule has 2 aromatic carbocycles. The molecule has 0 radical (unpaired) electrons. The summed E-state index contributed by atoms with van der Waals surface area (Å²) in [4.78, 5) is 14.8. The second-order valence-corrected chi connectivity index (χ2v) is 7.70. The largest absolute Gasteiger partial charge is 0.332 e. The number of hydrogen-bond donors (Lipinski definition) is 1. The van der Waals surface area contributed by atoms with Crippen molar-refractivity contribution in [3.63, 3.8) is 0 Å². The molecule has 0 fully saturated rings. The lowest BCUT2D eigenvalue weighted by molar-refractivity contribution is -0.135. The van der Waals surface area contributed by atoms with Gasteiger partial charge in [0.2, 0.25) is 5.91 Å². The summed E-state index contributed by atoms with van der Waals surface area (Å²) in [5, 5.41) is 8.05. The first kappa shape index (κ1) is 21.0. The molecule has 4 rings (SSSR count). The van der Waals surface area contributed by atoms with E-state index in [1.807, 2.05) is 30.3 Å². The van der Waals surface area contributed by atoms with Gasteiger partial charge in [0.1, 0.15) is 5.82 Å². The number of halogens is 3. The summed E-state index contributed by atoms with van der Waals surface area (Å²) in [5.41, 5.74) is 7.93. The molecule has 3 aromatic rings. The van der Waals surface area contributed by atoms with Crippen molar-refractivity contribution in [1.29, 1.82) is 0 Å². The van der Waals surface area contributed by atoms with Crippen molar-refractivity contribution in [3.8, 4) is 0 Å². The van der Waals surface area contributed by atoms with E-state index in [4.69, 9.17) is 5.73 Å². The van der Waals surface area contributed by atoms with Crippen molar-refractivity contribution in [2.75, 3.05) is 6.54 Å². The van der Waals surface area contributed by atoms with Crippen molar-refractivity contribution in [1.82, 2.24) is 19.9 Å². The first-order valence-corrected chi connectivity index (χ1v) is 10.0. The van der Waals surface area contributed by atoms with E-state index in [2.05, 4.69) is 10.3 Å². The SMILES string of the molecule is N[C@@H](CC(=O)N1CCn2nncc2C1Cc1ccccc1)Cc1cc(F)c(F)cc1F. The quantitative estimate of drug-likeness (QED) is 0.612. The number of carbonyl (C=O) groups is 1. The molecule has 2 heterocycles. The van der Waals surface area contributed by atoms with Gasteiger partial charge in [0, 0.05) is 25.1 Å². The van der Waals surface area contributed by atoms with Gasteiger partial charge in [-0.15, -0.1) is 5.10 Å². The summed E-state index contributed by atoms with van der Waals surface area (Å²) in [6.45, 7) is 0.957. The van der Waals surface area contributed by atoms with Gasteiger partial charge in [0.05, 0.1) is 24.5 Å². The predicted molar refractivity (Wildman–Crippen MR) is 107 cm³/mol. The highest BCUT2D eigenvalue weighted by Crippen LogP contribution is 2.29. The van der Waals surface area contributed by atoms with Crippen LogP contribution >= 0.6 is 0 Å². The van der Waals surface area contributed by atoms with Gasteiger partial charge in [0.15, 0.2) is 11.6 Å². The third kappa shape index (κ3) is 4.61. The molecule has 9 heteroatoms. The number of rotatable bonds is 6. The summed E-state index contributed by atoms with van der Waals surface area (Å²) >= 11 is 0. The Kier molecular flexibility index (Phi) is 6.03. The van der Waals surface area contributed by atoms with Crippen LogP contribution in [0.15, 0.2) is 48.7 Å². The van der Waals surface area contributed by atoms with Gasteiger partial charge in [-0.3, -0.25) is 4.79 Å². The van der Waals surface area contributed by atoms with Crippen LogP contribution in [0, 0.1) is 17.5 Å². The van der Waals surface area contributed by atoms with Crippen molar-refractivity contribution < 1.29 is 18.0 Å². The topological polar surface area (TPSA) is 77.0 Å². The molecule has 0 spiro atoms. The van der Waals surface area contributed by atoms with Crippen LogP contribution in [0.4, 0.5) is 13.2 Å². The fourth-order valence-electron chi connectivity index (χ4n) is 3.98. The second kappa shape index (κ2) is 8.89. The van der Waals surface area contributed by atoms with Gasteiger partial charge in [0.25, 0.3) is 0 Å². The number of hydrogen-bond acceptors (Lipinski definition) is 4. The standard InChI is InChI=1S/C22H22F3N5O/c23-17-12-19(25)18(24)10-15(17)9-16(26)11-22(31)29-6-7-30-21(13-27-28-30)20(29)8-14-4-2-1-3-5-14/h1-5,10,12-13,16,20H,6-9,11,26H2/t16-,20?/m1/s1. The zero-order chi connectivity index (χ0) is 22.0. The zero-order valence-corrected chi connectivity index (χ0v) is 16.7. The van der Waals surface area contributed by atoms with Gasteiger partial charge >= 0.3 is 0 Å². The van der Waals surface area contributed by atoms with E-state index in [0.29, 0.717) is 25.6 Å². The predicted octanol–water partition coefficient (Wildman–Crippen LogP) is 2.78. The minimum atomic E-state index is -1.26. The normalized spacial score (nSPS) is 16.8. The summed E-state index contributed by atoms with van der Waals surface area (Å²) in [7, 11) is 0. The van der Waals surface area contributed by atoms with Gasteiger partial charge in [-0.05, 0) is 30.0 Å². The van der Waals surface area contributed by atoms with E-state index in [0.717, 1.165) is 17.3 Å². The third-order valence-electron chi connectivity index (χ3n) is 5.52. The van der Waals surface area contributed by atoms with Crippen LogP contribution in [0.1, 0.15) is 29.3 Å². The van der Waals surface area contributed by atoms with Crippen LogP contribution in [0.2, 0.25) is 0 Å². The van der Waals surface area contributed by atoms with Gasteiger partial charge < -0.3 is 10.6 Å². The van der Waals surface area contributed by atoms with E-state index in [1.54, 1.807) is 15.8 Å². The average Bonchev–Trinajstić information content (AvgIpc) is 3.22. The molecule has 1 aliphatic heterocycles. The Morgan fingerprint density at radius 3 is 2.61 bits per heavy atom.